The molecule has 0 unspecified atom stereocenters. The van der Waals surface area contributed by atoms with Gasteiger partial charge in [-0.05, 0) is 24.1 Å². The van der Waals surface area contributed by atoms with Gasteiger partial charge in [-0.1, -0.05) is 54.1 Å². The van der Waals surface area contributed by atoms with Crippen LogP contribution in [0.5, 0.6) is 0 Å². The van der Waals surface area contributed by atoms with Crippen LogP contribution < -0.4 is 0 Å². The molecule has 1 aliphatic rings. The molecule has 1 aromatic heterocycles. The molecule has 1 aliphatic heterocycles. The van der Waals surface area contributed by atoms with E-state index in [2.05, 4.69) is 58.5 Å². The number of thiazole rings is 1. The van der Waals surface area contributed by atoms with E-state index in [0.29, 0.717) is 0 Å². The van der Waals surface area contributed by atoms with E-state index in [1.165, 1.54) is 22.4 Å². The second-order valence-electron chi connectivity index (χ2n) is 7.10. The average molecular weight is 398 g/mol. The quantitative estimate of drug-likeness (QED) is 0.597. The summed E-state index contributed by atoms with van der Waals surface area (Å²) in [5.74, 6) is 0. The highest BCUT2D eigenvalue weighted by Gasteiger charge is 2.19. The maximum Gasteiger partial charge on any atom is 0.123 e. The highest BCUT2D eigenvalue weighted by Crippen LogP contribution is 2.27. The minimum atomic E-state index is 0.867. The number of benzene rings is 2. The Labute approximate surface area is 170 Å². The topological polar surface area (TPSA) is 19.4 Å². The lowest BCUT2D eigenvalue weighted by molar-refractivity contribution is 0.121. The Morgan fingerprint density at radius 1 is 0.926 bits per heavy atom. The summed E-state index contributed by atoms with van der Waals surface area (Å²) in [5, 5.41) is 4.20. The van der Waals surface area contributed by atoms with E-state index in [9.17, 15) is 0 Å². The molecule has 4 rings (SSSR count). The molecule has 0 aliphatic carbocycles. The first-order valence-corrected chi connectivity index (χ1v) is 10.6. The van der Waals surface area contributed by atoms with Crippen molar-refractivity contribution in [3.8, 4) is 10.6 Å². The fourth-order valence-electron chi connectivity index (χ4n) is 3.52. The molecule has 0 spiro atoms. The van der Waals surface area contributed by atoms with Crippen molar-refractivity contribution in [1.82, 2.24) is 14.8 Å². The zero-order chi connectivity index (χ0) is 18.6. The SMILES string of the molecule is Cc1ccccc1-c1nc(CN2CCN(Cc3ccccc3Cl)CC2)cs1. The molecule has 0 radical (unpaired) electrons. The molecule has 0 bridgehead atoms. The molecule has 3 aromatic rings. The first-order valence-electron chi connectivity index (χ1n) is 9.37. The van der Waals surface area contributed by atoms with Crippen LogP contribution in [0.25, 0.3) is 10.6 Å². The third-order valence-electron chi connectivity index (χ3n) is 5.13. The number of halogens is 1. The molecular formula is C22H24ClN3S. The highest BCUT2D eigenvalue weighted by atomic mass is 35.5. The van der Waals surface area contributed by atoms with Gasteiger partial charge in [0.1, 0.15) is 5.01 Å². The number of rotatable bonds is 5. The maximum absolute atomic E-state index is 6.30. The van der Waals surface area contributed by atoms with Crippen LogP contribution >= 0.6 is 22.9 Å². The fraction of sp³-hybridized carbons (Fsp3) is 0.318. The predicted octanol–water partition coefficient (Wildman–Crippen LogP) is 5.09. The molecule has 140 valence electrons. The van der Waals surface area contributed by atoms with Crippen LogP contribution in [0.2, 0.25) is 5.02 Å². The van der Waals surface area contributed by atoms with Crippen molar-refractivity contribution in [2.45, 2.75) is 20.0 Å². The highest BCUT2D eigenvalue weighted by molar-refractivity contribution is 7.13. The lowest BCUT2D eigenvalue weighted by Crippen LogP contribution is -2.45. The zero-order valence-corrected chi connectivity index (χ0v) is 17.1. The van der Waals surface area contributed by atoms with Gasteiger partial charge in [0, 0.05) is 55.2 Å². The summed E-state index contributed by atoms with van der Waals surface area (Å²) in [6, 6.07) is 16.6. The van der Waals surface area contributed by atoms with E-state index in [0.717, 1.165) is 49.3 Å². The lowest BCUT2D eigenvalue weighted by atomic mass is 10.1. The number of nitrogens with zero attached hydrogens (tertiary/aromatic N) is 3. The Hall–Kier alpha value is -1.72. The first kappa shape index (κ1) is 18.6. The van der Waals surface area contributed by atoms with Crippen molar-refractivity contribution in [1.29, 1.82) is 0 Å². The smallest absolute Gasteiger partial charge is 0.123 e. The summed E-state index contributed by atoms with van der Waals surface area (Å²) in [4.78, 5) is 9.86. The lowest BCUT2D eigenvalue weighted by Gasteiger charge is -2.34. The fourth-order valence-corrected chi connectivity index (χ4v) is 4.61. The van der Waals surface area contributed by atoms with Crippen molar-refractivity contribution in [2.75, 3.05) is 26.2 Å². The molecule has 3 nitrogen and oxygen atoms in total. The van der Waals surface area contributed by atoms with E-state index in [1.807, 2.05) is 12.1 Å². The van der Waals surface area contributed by atoms with Crippen LogP contribution in [0.15, 0.2) is 53.9 Å². The Morgan fingerprint density at radius 2 is 1.59 bits per heavy atom. The summed E-state index contributed by atoms with van der Waals surface area (Å²) in [6.45, 7) is 8.29. The molecule has 0 amide bonds. The van der Waals surface area contributed by atoms with Crippen molar-refractivity contribution >= 4 is 22.9 Å². The molecule has 0 atom stereocenters. The Bertz CT molecular complexity index is 900. The molecule has 1 saturated heterocycles. The van der Waals surface area contributed by atoms with Crippen LogP contribution in [0.3, 0.4) is 0 Å². The number of piperazine rings is 1. The standard InChI is InChI=1S/C22H24ClN3S/c1-17-6-2-4-8-20(17)22-24-19(16-27-22)15-26-12-10-25(11-13-26)14-18-7-3-5-9-21(18)23/h2-9,16H,10-15H2,1H3. The van der Waals surface area contributed by atoms with Crippen molar-refractivity contribution < 1.29 is 0 Å². The first-order chi connectivity index (χ1) is 13.2. The number of aromatic nitrogens is 1. The van der Waals surface area contributed by atoms with Crippen molar-refractivity contribution in [2.24, 2.45) is 0 Å². The summed E-state index contributed by atoms with van der Waals surface area (Å²) >= 11 is 8.05. The number of aryl methyl sites for hydroxylation is 1. The molecule has 5 heteroatoms. The van der Waals surface area contributed by atoms with Gasteiger partial charge < -0.3 is 0 Å². The van der Waals surface area contributed by atoms with E-state index < -0.39 is 0 Å². The molecular weight excluding hydrogens is 374 g/mol. The number of hydrogen-bond acceptors (Lipinski definition) is 4. The summed E-state index contributed by atoms with van der Waals surface area (Å²) < 4.78 is 0. The average Bonchev–Trinajstić information content (AvgIpc) is 3.14. The second kappa shape index (κ2) is 8.53. The minimum Gasteiger partial charge on any atom is -0.296 e. The van der Waals surface area contributed by atoms with Crippen LogP contribution in [-0.4, -0.2) is 41.0 Å². The van der Waals surface area contributed by atoms with Gasteiger partial charge in [-0.2, -0.15) is 0 Å². The van der Waals surface area contributed by atoms with Gasteiger partial charge in [0.15, 0.2) is 0 Å². The van der Waals surface area contributed by atoms with Crippen LogP contribution in [0, 0.1) is 6.92 Å². The largest absolute Gasteiger partial charge is 0.296 e. The van der Waals surface area contributed by atoms with Gasteiger partial charge in [0.05, 0.1) is 5.69 Å². The number of hydrogen-bond donors (Lipinski definition) is 0. The van der Waals surface area contributed by atoms with Crippen LogP contribution in [0.4, 0.5) is 0 Å². The van der Waals surface area contributed by atoms with Gasteiger partial charge in [-0.25, -0.2) is 4.98 Å². The van der Waals surface area contributed by atoms with Crippen molar-refractivity contribution in [3.05, 3.63) is 75.8 Å². The molecule has 0 N–H and O–H groups in total. The Morgan fingerprint density at radius 3 is 2.33 bits per heavy atom. The summed E-state index contributed by atoms with van der Waals surface area (Å²) in [7, 11) is 0. The van der Waals surface area contributed by atoms with Crippen LogP contribution in [-0.2, 0) is 13.1 Å². The van der Waals surface area contributed by atoms with Crippen molar-refractivity contribution in [3.63, 3.8) is 0 Å². The molecule has 27 heavy (non-hydrogen) atoms. The summed E-state index contributed by atoms with van der Waals surface area (Å²) in [6.07, 6.45) is 0. The normalized spacial score (nSPS) is 15.9. The Kier molecular flexibility index (Phi) is 5.89. The predicted molar refractivity (Wildman–Crippen MR) is 114 cm³/mol. The maximum atomic E-state index is 6.30. The third kappa shape index (κ3) is 4.58. The zero-order valence-electron chi connectivity index (χ0n) is 15.6. The van der Waals surface area contributed by atoms with E-state index in [4.69, 9.17) is 16.6 Å². The Balaban J connectivity index is 1.32. The molecule has 2 aromatic carbocycles. The van der Waals surface area contributed by atoms with E-state index in [-0.39, 0.29) is 0 Å². The van der Waals surface area contributed by atoms with Gasteiger partial charge in [0.2, 0.25) is 0 Å². The van der Waals surface area contributed by atoms with E-state index in [1.54, 1.807) is 11.3 Å². The third-order valence-corrected chi connectivity index (χ3v) is 6.42. The monoisotopic (exact) mass is 397 g/mol. The van der Waals surface area contributed by atoms with Gasteiger partial charge in [-0.15, -0.1) is 11.3 Å². The van der Waals surface area contributed by atoms with Gasteiger partial charge in [-0.3, -0.25) is 9.80 Å². The van der Waals surface area contributed by atoms with E-state index >= 15 is 0 Å². The summed E-state index contributed by atoms with van der Waals surface area (Å²) in [5.41, 5.74) is 4.93. The van der Waals surface area contributed by atoms with Gasteiger partial charge in [0.25, 0.3) is 0 Å². The second-order valence-corrected chi connectivity index (χ2v) is 8.37. The molecule has 0 saturated carbocycles. The van der Waals surface area contributed by atoms with Gasteiger partial charge >= 0.3 is 0 Å². The molecule has 1 fully saturated rings. The molecule has 2 heterocycles. The van der Waals surface area contributed by atoms with Crippen LogP contribution in [0.1, 0.15) is 16.8 Å². The minimum absolute atomic E-state index is 0.867.